The molecule has 2 rings (SSSR count). The van der Waals surface area contributed by atoms with E-state index in [1.54, 1.807) is 25.4 Å². The number of aromatic nitrogens is 2. The number of hydrogen-bond donors (Lipinski definition) is 3. The van der Waals surface area contributed by atoms with Crippen molar-refractivity contribution in [2.24, 2.45) is 0 Å². The summed E-state index contributed by atoms with van der Waals surface area (Å²) < 4.78 is 0. The molecule has 0 fully saturated rings. The predicted octanol–water partition coefficient (Wildman–Crippen LogP) is 0.497. The normalized spacial score (nSPS) is 10.5. The van der Waals surface area contributed by atoms with Crippen LogP contribution in [-0.4, -0.2) is 22.0 Å². The Kier molecular flexibility index (Phi) is 1.51. The zero-order valence-electron chi connectivity index (χ0n) is 7.15. The van der Waals surface area contributed by atoms with Crippen LogP contribution < -0.4 is 11.2 Å². The molecule has 0 atom stereocenters. The minimum atomic E-state index is 0.163. The maximum Gasteiger partial charge on any atom is 0.143 e. The van der Waals surface area contributed by atoms with Crippen LogP contribution in [0.3, 0.4) is 0 Å². The van der Waals surface area contributed by atoms with E-state index in [1.165, 1.54) is 4.79 Å². The molecule has 1 heterocycles. The lowest BCUT2D eigenvalue weighted by atomic mass is 10.2. The Hall–Kier alpha value is -1.91. The molecule has 4 N–H and O–H groups in total. The van der Waals surface area contributed by atoms with Gasteiger partial charge in [-0.2, -0.15) is 9.89 Å². The highest BCUT2D eigenvalue weighted by molar-refractivity contribution is 5.94. The summed E-state index contributed by atoms with van der Waals surface area (Å²) >= 11 is 0. The number of aromatic hydroxyl groups is 1. The summed E-state index contributed by atoms with van der Waals surface area (Å²) in [5.74, 6) is 0.163. The molecule has 1 aromatic heterocycles. The van der Waals surface area contributed by atoms with E-state index in [0.29, 0.717) is 11.2 Å². The summed E-state index contributed by atoms with van der Waals surface area (Å²) in [5, 5.41) is 14.3. The first-order valence-corrected chi connectivity index (χ1v) is 3.87. The number of phenolic OH excluding ortho intramolecular Hbond substituents is 1. The van der Waals surface area contributed by atoms with Crippen molar-refractivity contribution in [1.82, 2.24) is 9.89 Å². The van der Waals surface area contributed by atoms with Gasteiger partial charge in [-0.15, -0.1) is 0 Å². The van der Waals surface area contributed by atoms with E-state index in [2.05, 4.69) is 10.5 Å². The van der Waals surface area contributed by atoms with Crippen molar-refractivity contribution in [3.63, 3.8) is 0 Å². The second kappa shape index (κ2) is 2.55. The zero-order valence-corrected chi connectivity index (χ0v) is 7.15. The topological polar surface area (TPSA) is 76.1 Å². The number of benzene rings is 1. The van der Waals surface area contributed by atoms with Crippen LogP contribution in [0.25, 0.3) is 10.9 Å². The number of phenols is 1. The first-order valence-electron chi connectivity index (χ1n) is 3.87. The van der Waals surface area contributed by atoms with Crippen molar-refractivity contribution in [1.29, 1.82) is 0 Å². The Bertz CT molecular complexity index is 449. The van der Waals surface area contributed by atoms with Crippen LogP contribution >= 0.6 is 0 Å². The third-order valence-corrected chi connectivity index (χ3v) is 1.96. The van der Waals surface area contributed by atoms with E-state index in [9.17, 15) is 5.11 Å². The molecular weight excluding hydrogens is 168 g/mol. The number of anilines is 1. The van der Waals surface area contributed by atoms with Gasteiger partial charge in [0.1, 0.15) is 11.3 Å². The highest BCUT2D eigenvalue weighted by atomic mass is 16.3. The molecule has 13 heavy (non-hydrogen) atoms. The highest BCUT2D eigenvalue weighted by Crippen LogP contribution is 2.27. The van der Waals surface area contributed by atoms with Gasteiger partial charge in [0, 0.05) is 18.1 Å². The Morgan fingerprint density at radius 1 is 1.54 bits per heavy atom. The molecule has 0 radical (unpaired) electrons. The van der Waals surface area contributed by atoms with Crippen molar-refractivity contribution >= 4 is 16.6 Å². The second-order valence-electron chi connectivity index (χ2n) is 2.72. The third-order valence-electron chi connectivity index (χ3n) is 1.96. The first-order chi connectivity index (χ1) is 6.24. The smallest absolute Gasteiger partial charge is 0.143 e. The number of nitrogens with one attached hydrogen (secondary N) is 1. The standard InChI is InChI=1S/C8H10N4O/c1-10-12-8-5(4-11-12)6(9)2-3-7(8)13/h2-4,10,13H,9H2,1H3. The van der Waals surface area contributed by atoms with Crippen LogP contribution in [0.1, 0.15) is 0 Å². The lowest BCUT2D eigenvalue weighted by molar-refractivity contribution is 0.478. The number of hydrogen-bond acceptors (Lipinski definition) is 4. The van der Waals surface area contributed by atoms with Gasteiger partial charge < -0.3 is 16.3 Å². The van der Waals surface area contributed by atoms with Crippen LogP contribution in [0.5, 0.6) is 5.75 Å². The molecular formula is C8H10N4O. The summed E-state index contributed by atoms with van der Waals surface area (Å²) in [6, 6.07) is 3.20. The number of nitrogens with two attached hydrogens (primary N) is 1. The fourth-order valence-corrected chi connectivity index (χ4v) is 1.31. The molecule has 5 heteroatoms. The van der Waals surface area contributed by atoms with E-state index in [0.717, 1.165) is 5.39 Å². The van der Waals surface area contributed by atoms with Crippen molar-refractivity contribution in [3.05, 3.63) is 18.3 Å². The predicted molar refractivity (Wildman–Crippen MR) is 51.1 cm³/mol. The lowest BCUT2D eigenvalue weighted by Gasteiger charge is -2.03. The van der Waals surface area contributed by atoms with E-state index in [1.807, 2.05) is 0 Å². The molecule has 2 aromatic rings. The molecule has 0 unspecified atom stereocenters. The molecule has 5 nitrogen and oxygen atoms in total. The Labute approximate surface area is 74.7 Å². The third kappa shape index (κ3) is 0.970. The lowest BCUT2D eigenvalue weighted by Crippen LogP contribution is -2.09. The van der Waals surface area contributed by atoms with E-state index < -0.39 is 0 Å². The molecule has 68 valence electrons. The average Bonchev–Trinajstić information content (AvgIpc) is 2.56. The van der Waals surface area contributed by atoms with Gasteiger partial charge in [0.2, 0.25) is 0 Å². The quantitative estimate of drug-likeness (QED) is 0.439. The molecule has 0 aliphatic rings. The Morgan fingerprint density at radius 2 is 2.31 bits per heavy atom. The molecule has 0 bridgehead atoms. The molecule has 0 aliphatic heterocycles. The van der Waals surface area contributed by atoms with Gasteiger partial charge in [0.25, 0.3) is 0 Å². The van der Waals surface area contributed by atoms with Crippen LogP contribution in [0, 0.1) is 0 Å². The average molecular weight is 178 g/mol. The van der Waals surface area contributed by atoms with Gasteiger partial charge >= 0.3 is 0 Å². The Balaban J connectivity index is 2.87. The maximum atomic E-state index is 9.54. The van der Waals surface area contributed by atoms with Gasteiger partial charge in [0.05, 0.1) is 6.20 Å². The molecule has 0 saturated carbocycles. The van der Waals surface area contributed by atoms with E-state index in [-0.39, 0.29) is 5.75 Å². The number of fused-ring (bicyclic) bond motifs is 1. The van der Waals surface area contributed by atoms with Crippen molar-refractivity contribution in [2.45, 2.75) is 0 Å². The maximum absolute atomic E-state index is 9.54. The SMILES string of the molecule is CNn1ncc2c(N)ccc(O)c21. The minimum absolute atomic E-state index is 0.163. The van der Waals surface area contributed by atoms with Crippen LogP contribution in [0.2, 0.25) is 0 Å². The van der Waals surface area contributed by atoms with Crippen molar-refractivity contribution in [2.75, 3.05) is 18.2 Å². The van der Waals surface area contributed by atoms with E-state index in [4.69, 9.17) is 5.73 Å². The molecule has 0 amide bonds. The van der Waals surface area contributed by atoms with Crippen LogP contribution in [-0.2, 0) is 0 Å². The number of rotatable bonds is 1. The molecule has 0 spiro atoms. The Morgan fingerprint density at radius 3 is 3.00 bits per heavy atom. The minimum Gasteiger partial charge on any atom is -0.506 e. The van der Waals surface area contributed by atoms with Gasteiger partial charge in [-0.1, -0.05) is 0 Å². The monoisotopic (exact) mass is 178 g/mol. The fraction of sp³-hybridized carbons (Fsp3) is 0.125. The zero-order chi connectivity index (χ0) is 9.42. The summed E-state index contributed by atoms with van der Waals surface area (Å²) in [7, 11) is 1.72. The summed E-state index contributed by atoms with van der Waals surface area (Å²) in [6.45, 7) is 0. The molecule has 0 aliphatic carbocycles. The van der Waals surface area contributed by atoms with E-state index >= 15 is 0 Å². The summed E-state index contributed by atoms with van der Waals surface area (Å²) in [4.78, 5) is 1.47. The number of nitrogen functional groups attached to an aromatic ring is 1. The first kappa shape index (κ1) is 7.72. The highest BCUT2D eigenvalue weighted by Gasteiger charge is 2.08. The summed E-state index contributed by atoms with van der Waals surface area (Å²) in [6.07, 6.45) is 1.61. The number of nitrogens with zero attached hydrogens (tertiary/aromatic N) is 2. The van der Waals surface area contributed by atoms with Crippen molar-refractivity contribution in [3.8, 4) is 5.75 Å². The van der Waals surface area contributed by atoms with Gasteiger partial charge in [-0.3, -0.25) is 0 Å². The van der Waals surface area contributed by atoms with Gasteiger partial charge in [-0.05, 0) is 12.1 Å². The second-order valence-corrected chi connectivity index (χ2v) is 2.72. The van der Waals surface area contributed by atoms with Gasteiger partial charge in [0.15, 0.2) is 0 Å². The molecule has 0 saturated heterocycles. The van der Waals surface area contributed by atoms with Crippen molar-refractivity contribution < 1.29 is 5.11 Å². The molecule has 1 aromatic carbocycles. The fourth-order valence-electron chi connectivity index (χ4n) is 1.31. The summed E-state index contributed by atoms with van der Waals surface area (Å²) in [5.41, 5.74) is 9.71. The van der Waals surface area contributed by atoms with Crippen LogP contribution in [0.15, 0.2) is 18.3 Å². The van der Waals surface area contributed by atoms with Gasteiger partial charge in [-0.25, -0.2) is 0 Å². The largest absolute Gasteiger partial charge is 0.506 e. The van der Waals surface area contributed by atoms with Crippen LogP contribution in [0.4, 0.5) is 5.69 Å².